The largest absolute Gasteiger partial charge is 0.481 e. The Hall–Kier alpha value is -3.06. The first-order valence-electron chi connectivity index (χ1n) is 9.77. The highest BCUT2D eigenvalue weighted by molar-refractivity contribution is 6.19. The minimum atomic E-state index is -0.233. The van der Waals surface area contributed by atoms with Gasteiger partial charge in [0, 0.05) is 18.4 Å². The second-order valence-electron chi connectivity index (χ2n) is 7.63. The Morgan fingerprint density at radius 3 is 2.90 bits per heavy atom. The number of aryl methyl sites for hydroxylation is 1. The predicted molar refractivity (Wildman–Crippen MR) is 109 cm³/mol. The Labute approximate surface area is 168 Å². The summed E-state index contributed by atoms with van der Waals surface area (Å²) < 4.78 is 12.9. The fraction of sp³-hybridized carbons (Fsp3) is 0.364. The van der Waals surface area contributed by atoms with Gasteiger partial charge in [-0.3, -0.25) is 9.48 Å². The Kier molecular flexibility index (Phi) is 4.20. The highest BCUT2D eigenvalue weighted by Crippen LogP contribution is 2.38. The number of nitrogens with zero attached hydrogens (tertiary/aromatic N) is 4. The fourth-order valence-corrected chi connectivity index (χ4v) is 4.48. The minimum absolute atomic E-state index is 0.0844. The first-order valence-corrected chi connectivity index (χ1v) is 9.77. The molecule has 4 heterocycles. The first kappa shape index (κ1) is 18.0. The van der Waals surface area contributed by atoms with E-state index in [1.807, 2.05) is 30.8 Å². The molecule has 2 aromatic heterocycles. The van der Waals surface area contributed by atoms with E-state index in [2.05, 4.69) is 27.2 Å². The van der Waals surface area contributed by atoms with Crippen LogP contribution in [0.2, 0.25) is 0 Å². The summed E-state index contributed by atoms with van der Waals surface area (Å²) in [7, 11) is 1.62. The van der Waals surface area contributed by atoms with E-state index in [9.17, 15) is 4.79 Å². The molecule has 3 aliphatic rings. The number of pyridine rings is 1. The van der Waals surface area contributed by atoms with E-state index in [-0.39, 0.29) is 17.9 Å². The van der Waals surface area contributed by atoms with Crippen molar-refractivity contribution in [1.29, 1.82) is 0 Å². The lowest BCUT2D eigenvalue weighted by atomic mass is 9.84. The average Bonchev–Trinajstić information content (AvgIpc) is 3.38. The van der Waals surface area contributed by atoms with Crippen LogP contribution in [0.15, 0.2) is 35.6 Å². The molecule has 7 nitrogen and oxygen atoms in total. The maximum absolute atomic E-state index is 12.7. The van der Waals surface area contributed by atoms with Gasteiger partial charge in [-0.15, -0.1) is 0 Å². The molecule has 0 radical (unpaired) electrons. The zero-order chi connectivity index (χ0) is 20.1. The molecular weight excluding hydrogens is 368 g/mol. The summed E-state index contributed by atoms with van der Waals surface area (Å²) in [6, 6.07) is 0.165. The van der Waals surface area contributed by atoms with Crippen LogP contribution in [0.1, 0.15) is 51.1 Å². The SMILES string of the molecule is COc1ncc(C)c(C2=CC3=NC(=O)c4cnn([C@H]5CCOC5)c4C3C=C2)c1C. The molecule has 148 valence electrons. The molecular formula is C22H22N4O3. The number of amides is 1. The number of hydrogen-bond donors (Lipinski definition) is 0. The van der Waals surface area contributed by atoms with Gasteiger partial charge in [-0.1, -0.05) is 12.2 Å². The van der Waals surface area contributed by atoms with Crippen molar-refractivity contribution < 1.29 is 14.3 Å². The van der Waals surface area contributed by atoms with Crippen LogP contribution < -0.4 is 4.74 Å². The number of aromatic nitrogens is 3. The van der Waals surface area contributed by atoms with Gasteiger partial charge in [0.05, 0.1) is 48.8 Å². The third-order valence-corrected chi connectivity index (χ3v) is 5.88. The molecule has 1 amide bonds. The minimum Gasteiger partial charge on any atom is -0.481 e. The van der Waals surface area contributed by atoms with Crippen molar-refractivity contribution in [1.82, 2.24) is 14.8 Å². The van der Waals surface area contributed by atoms with Gasteiger partial charge < -0.3 is 9.47 Å². The van der Waals surface area contributed by atoms with Gasteiger partial charge in [-0.05, 0) is 43.0 Å². The molecule has 5 rings (SSSR count). The number of fused-ring (bicyclic) bond motifs is 3. The van der Waals surface area contributed by atoms with Gasteiger partial charge >= 0.3 is 0 Å². The van der Waals surface area contributed by atoms with E-state index < -0.39 is 0 Å². The number of carbonyl (C=O) groups excluding carboxylic acids is 1. The zero-order valence-electron chi connectivity index (χ0n) is 16.7. The third kappa shape index (κ3) is 2.76. The standard InChI is InChI=1S/C22H22N4O3/c1-12-9-23-22(28-3)13(2)19(12)14-4-5-16-18(8-14)25-21(27)17-10-24-26(20(16)17)15-6-7-29-11-15/h4-5,8-10,15-16H,6-7,11H2,1-3H3/t15-,16?/m0/s1. The summed E-state index contributed by atoms with van der Waals surface area (Å²) in [5, 5.41) is 4.51. The van der Waals surface area contributed by atoms with Crippen LogP contribution in [-0.2, 0) is 4.74 Å². The van der Waals surface area contributed by atoms with Crippen molar-refractivity contribution in [2.45, 2.75) is 32.2 Å². The summed E-state index contributed by atoms with van der Waals surface area (Å²) in [6.45, 7) is 5.37. The van der Waals surface area contributed by atoms with Crippen LogP contribution in [0.5, 0.6) is 5.88 Å². The van der Waals surface area contributed by atoms with E-state index >= 15 is 0 Å². The van der Waals surface area contributed by atoms with Crippen LogP contribution in [0.25, 0.3) is 5.57 Å². The third-order valence-electron chi connectivity index (χ3n) is 5.88. The Morgan fingerprint density at radius 1 is 1.28 bits per heavy atom. The molecule has 2 aliphatic heterocycles. The van der Waals surface area contributed by atoms with Crippen LogP contribution in [0, 0.1) is 13.8 Å². The Balaban J connectivity index is 1.59. The molecule has 1 saturated heterocycles. The van der Waals surface area contributed by atoms with Crippen molar-refractivity contribution >= 4 is 17.2 Å². The van der Waals surface area contributed by atoms with E-state index in [4.69, 9.17) is 9.47 Å². The number of methoxy groups -OCH3 is 1. The fourth-order valence-electron chi connectivity index (χ4n) is 4.48. The molecule has 1 fully saturated rings. The van der Waals surface area contributed by atoms with E-state index in [1.54, 1.807) is 13.3 Å². The van der Waals surface area contributed by atoms with Crippen LogP contribution >= 0.6 is 0 Å². The maximum atomic E-state index is 12.7. The molecule has 2 aromatic rings. The normalized spacial score (nSPS) is 22.8. The van der Waals surface area contributed by atoms with E-state index in [1.165, 1.54) is 0 Å². The molecule has 0 N–H and O–H groups in total. The summed E-state index contributed by atoms with van der Waals surface area (Å²) in [4.78, 5) is 21.4. The smallest absolute Gasteiger partial charge is 0.280 e. The molecule has 0 bridgehead atoms. The lowest BCUT2D eigenvalue weighted by molar-refractivity contribution is 0.0999. The van der Waals surface area contributed by atoms with Crippen LogP contribution in [0.3, 0.4) is 0 Å². The highest BCUT2D eigenvalue weighted by Gasteiger charge is 2.35. The first-order chi connectivity index (χ1) is 14.1. The average molecular weight is 390 g/mol. The lowest BCUT2D eigenvalue weighted by Crippen LogP contribution is -2.26. The summed E-state index contributed by atoms with van der Waals surface area (Å²) in [5.41, 5.74) is 6.34. The molecule has 29 heavy (non-hydrogen) atoms. The zero-order valence-corrected chi connectivity index (χ0v) is 16.7. The van der Waals surface area contributed by atoms with E-state index in [0.717, 1.165) is 46.7 Å². The van der Waals surface area contributed by atoms with Gasteiger partial charge in [-0.25, -0.2) is 9.98 Å². The second kappa shape index (κ2) is 6.77. The molecule has 0 aromatic carbocycles. The molecule has 1 unspecified atom stereocenters. The van der Waals surface area contributed by atoms with Crippen molar-refractivity contribution in [2.24, 2.45) is 4.99 Å². The van der Waals surface area contributed by atoms with Gasteiger partial charge in [0.25, 0.3) is 5.91 Å². The van der Waals surface area contributed by atoms with Crippen molar-refractivity contribution in [3.8, 4) is 5.88 Å². The number of rotatable bonds is 3. The van der Waals surface area contributed by atoms with E-state index in [0.29, 0.717) is 18.1 Å². The lowest BCUT2D eigenvalue weighted by Gasteiger charge is -2.26. The van der Waals surface area contributed by atoms with Gasteiger partial charge in [0.15, 0.2) is 0 Å². The highest BCUT2D eigenvalue weighted by atomic mass is 16.5. The maximum Gasteiger partial charge on any atom is 0.280 e. The number of allylic oxidation sites excluding steroid dienone is 4. The molecule has 1 aliphatic carbocycles. The van der Waals surface area contributed by atoms with Gasteiger partial charge in [0.1, 0.15) is 0 Å². The number of hydrogen-bond acceptors (Lipinski definition) is 5. The second-order valence-corrected chi connectivity index (χ2v) is 7.63. The number of aliphatic imine (C=N–C) groups is 1. The number of ether oxygens (including phenoxy) is 2. The summed E-state index contributed by atoms with van der Waals surface area (Å²) >= 11 is 0. The monoisotopic (exact) mass is 390 g/mol. The Bertz CT molecular complexity index is 1100. The van der Waals surface area contributed by atoms with Crippen molar-refractivity contribution in [3.05, 3.63) is 58.6 Å². The van der Waals surface area contributed by atoms with Gasteiger partial charge in [-0.2, -0.15) is 5.10 Å². The predicted octanol–water partition coefficient (Wildman–Crippen LogP) is 3.20. The van der Waals surface area contributed by atoms with Crippen molar-refractivity contribution in [3.63, 3.8) is 0 Å². The molecule has 2 atom stereocenters. The van der Waals surface area contributed by atoms with Crippen LogP contribution in [-0.4, -0.2) is 46.7 Å². The Morgan fingerprint density at radius 2 is 2.14 bits per heavy atom. The molecule has 0 spiro atoms. The molecule has 0 saturated carbocycles. The molecule has 7 heteroatoms. The van der Waals surface area contributed by atoms with Crippen LogP contribution in [0.4, 0.5) is 0 Å². The summed E-state index contributed by atoms with van der Waals surface area (Å²) in [6.07, 6.45) is 10.6. The topological polar surface area (TPSA) is 78.6 Å². The van der Waals surface area contributed by atoms with Crippen molar-refractivity contribution in [2.75, 3.05) is 20.3 Å². The quantitative estimate of drug-likeness (QED) is 0.804. The summed E-state index contributed by atoms with van der Waals surface area (Å²) in [5.74, 6) is 0.284. The number of carbonyl (C=O) groups is 1. The van der Waals surface area contributed by atoms with Gasteiger partial charge in [0.2, 0.25) is 5.88 Å².